The van der Waals surface area contributed by atoms with E-state index in [0.717, 1.165) is 18.2 Å². The van der Waals surface area contributed by atoms with Gasteiger partial charge >= 0.3 is 0 Å². The Hall–Kier alpha value is -2.46. The van der Waals surface area contributed by atoms with Crippen molar-refractivity contribution < 1.29 is 14.1 Å². The highest BCUT2D eigenvalue weighted by Crippen LogP contribution is 2.20. The van der Waals surface area contributed by atoms with Crippen molar-refractivity contribution in [1.82, 2.24) is 5.32 Å². The summed E-state index contributed by atoms with van der Waals surface area (Å²) in [5, 5.41) is 15.3. The number of carbonyl (C=O) groups is 1. The first-order valence-electron chi connectivity index (χ1n) is 4.92. The fourth-order valence-electron chi connectivity index (χ4n) is 1.17. The maximum absolute atomic E-state index is 13.3. The van der Waals surface area contributed by atoms with E-state index in [0.29, 0.717) is 0 Å². The lowest BCUT2D eigenvalue weighted by atomic mass is 10.2. The number of hydrogen-bond acceptors (Lipinski definition) is 4. The monoisotopic (exact) mass is 251 g/mol. The zero-order valence-electron chi connectivity index (χ0n) is 9.27. The molecule has 0 heterocycles. The highest BCUT2D eigenvalue weighted by molar-refractivity contribution is 5.92. The minimum Gasteiger partial charge on any atom is -0.322 e. The first-order chi connectivity index (χ1) is 8.54. The van der Waals surface area contributed by atoms with Gasteiger partial charge in [0, 0.05) is 12.1 Å². The van der Waals surface area contributed by atoms with Crippen LogP contribution in [0.1, 0.15) is 0 Å². The van der Waals surface area contributed by atoms with Crippen LogP contribution >= 0.6 is 0 Å². The highest BCUT2D eigenvalue weighted by atomic mass is 19.1. The van der Waals surface area contributed by atoms with E-state index in [4.69, 9.17) is 6.42 Å². The van der Waals surface area contributed by atoms with E-state index in [1.165, 1.54) is 0 Å². The number of anilines is 1. The molecule has 1 rings (SSSR count). The van der Waals surface area contributed by atoms with Gasteiger partial charge in [0.2, 0.25) is 5.91 Å². The Bertz CT molecular complexity index is 511. The second-order valence-electron chi connectivity index (χ2n) is 3.28. The lowest BCUT2D eigenvalue weighted by molar-refractivity contribution is -0.384. The van der Waals surface area contributed by atoms with E-state index in [-0.39, 0.29) is 24.5 Å². The summed E-state index contributed by atoms with van der Waals surface area (Å²) in [6, 6.07) is 2.89. The molecule has 6 nitrogen and oxygen atoms in total. The number of amides is 1. The Balaban J connectivity index is 2.72. The maximum atomic E-state index is 13.3. The Kier molecular flexibility index (Phi) is 4.78. The van der Waals surface area contributed by atoms with Crippen LogP contribution < -0.4 is 10.6 Å². The van der Waals surface area contributed by atoms with E-state index in [1.807, 2.05) is 0 Å². The second kappa shape index (κ2) is 6.32. The number of halogens is 1. The van der Waals surface area contributed by atoms with Crippen molar-refractivity contribution in [3.8, 4) is 12.3 Å². The summed E-state index contributed by atoms with van der Waals surface area (Å²) in [5.41, 5.74) is -0.542. The molecule has 0 aliphatic heterocycles. The quantitative estimate of drug-likeness (QED) is 0.352. The third-order valence-electron chi connectivity index (χ3n) is 1.95. The van der Waals surface area contributed by atoms with Crippen LogP contribution in [0, 0.1) is 28.3 Å². The second-order valence-corrected chi connectivity index (χ2v) is 3.28. The number of hydrogen-bond donors (Lipinski definition) is 2. The van der Waals surface area contributed by atoms with Crippen LogP contribution in [0.3, 0.4) is 0 Å². The van der Waals surface area contributed by atoms with Gasteiger partial charge in [-0.1, -0.05) is 5.92 Å². The van der Waals surface area contributed by atoms with Crippen molar-refractivity contribution >= 4 is 17.3 Å². The molecule has 1 amide bonds. The van der Waals surface area contributed by atoms with E-state index < -0.39 is 16.6 Å². The average Bonchev–Trinajstić information content (AvgIpc) is 2.32. The number of carbonyl (C=O) groups excluding carboxylic acids is 1. The van der Waals surface area contributed by atoms with Gasteiger partial charge in [-0.15, -0.1) is 6.42 Å². The van der Waals surface area contributed by atoms with Crippen LogP contribution in [0.5, 0.6) is 0 Å². The summed E-state index contributed by atoms with van der Waals surface area (Å²) in [7, 11) is 0. The summed E-state index contributed by atoms with van der Waals surface area (Å²) in [6.45, 7) is 0.0944. The minimum atomic E-state index is -0.745. The molecule has 0 radical (unpaired) electrons. The largest absolute Gasteiger partial charge is 0.322 e. The number of benzene rings is 1. The Morgan fingerprint density at radius 1 is 1.56 bits per heavy atom. The van der Waals surface area contributed by atoms with Crippen molar-refractivity contribution in [2.24, 2.45) is 0 Å². The predicted octanol–water partition coefficient (Wildman–Crippen LogP) is 0.895. The topological polar surface area (TPSA) is 84.3 Å². The summed E-state index contributed by atoms with van der Waals surface area (Å²) in [4.78, 5) is 21.2. The molecule has 0 bridgehead atoms. The molecule has 0 aliphatic carbocycles. The highest BCUT2D eigenvalue weighted by Gasteiger charge is 2.12. The Morgan fingerprint density at radius 2 is 2.28 bits per heavy atom. The third kappa shape index (κ3) is 3.84. The molecule has 1 aromatic carbocycles. The maximum Gasteiger partial charge on any atom is 0.271 e. The molecular formula is C11H10FN3O3. The number of rotatable bonds is 5. The molecule has 0 saturated carbocycles. The summed E-state index contributed by atoms with van der Waals surface area (Å²) >= 11 is 0. The molecule has 2 N–H and O–H groups in total. The van der Waals surface area contributed by atoms with Crippen LogP contribution in [0.25, 0.3) is 0 Å². The van der Waals surface area contributed by atoms with Gasteiger partial charge in [0.05, 0.1) is 23.7 Å². The first-order valence-corrected chi connectivity index (χ1v) is 4.92. The van der Waals surface area contributed by atoms with E-state index >= 15 is 0 Å². The van der Waals surface area contributed by atoms with Crippen molar-refractivity contribution in [3.63, 3.8) is 0 Å². The van der Waals surface area contributed by atoms with Gasteiger partial charge in [-0.2, -0.15) is 0 Å². The normalized spacial score (nSPS) is 9.56. The van der Waals surface area contributed by atoms with Crippen LogP contribution in [0.4, 0.5) is 15.8 Å². The van der Waals surface area contributed by atoms with Gasteiger partial charge in [0.15, 0.2) is 0 Å². The van der Waals surface area contributed by atoms with Crippen molar-refractivity contribution in [2.75, 3.05) is 18.4 Å². The molecule has 18 heavy (non-hydrogen) atoms. The van der Waals surface area contributed by atoms with E-state index in [1.54, 1.807) is 0 Å². The zero-order valence-corrected chi connectivity index (χ0v) is 9.27. The molecule has 0 atom stereocenters. The molecule has 0 spiro atoms. The standard InChI is InChI=1S/C11H10FN3O3/c1-2-5-13-7-11(16)14-10-6-8(15(17)18)3-4-9(10)12/h1,3-4,6,13H,5,7H2,(H,14,16). The number of nitrogens with zero attached hydrogens (tertiary/aromatic N) is 1. The molecule has 0 aliphatic rings. The molecule has 0 fully saturated rings. The van der Waals surface area contributed by atoms with Gasteiger partial charge in [0.25, 0.3) is 5.69 Å². The van der Waals surface area contributed by atoms with Gasteiger partial charge in [-0.3, -0.25) is 20.2 Å². The number of terminal acetylenes is 1. The molecule has 94 valence electrons. The minimum absolute atomic E-state index is 0.105. The van der Waals surface area contributed by atoms with Crippen LogP contribution in [0.2, 0.25) is 0 Å². The number of nitrogens with one attached hydrogen (secondary N) is 2. The van der Waals surface area contributed by atoms with Gasteiger partial charge < -0.3 is 5.32 Å². The molecule has 1 aromatic rings. The number of nitro groups is 1. The van der Waals surface area contributed by atoms with Crippen LogP contribution in [-0.4, -0.2) is 23.9 Å². The summed E-state index contributed by atoms with van der Waals surface area (Å²) in [6.07, 6.45) is 4.97. The van der Waals surface area contributed by atoms with Crippen molar-refractivity contribution in [3.05, 3.63) is 34.1 Å². The lowest BCUT2D eigenvalue weighted by Gasteiger charge is -2.06. The first kappa shape index (κ1) is 13.6. The lowest BCUT2D eigenvalue weighted by Crippen LogP contribution is -2.28. The van der Waals surface area contributed by atoms with Crippen molar-refractivity contribution in [2.45, 2.75) is 0 Å². The molecule has 0 saturated heterocycles. The predicted molar refractivity (Wildman–Crippen MR) is 63.4 cm³/mol. The molecule has 7 heteroatoms. The number of non-ortho nitro benzene ring substituents is 1. The Morgan fingerprint density at radius 3 is 2.89 bits per heavy atom. The summed E-state index contributed by atoms with van der Waals surface area (Å²) < 4.78 is 13.3. The average molecular weight is 251 g/mol. The fourth-order valence-corrected chi connectivity index (χ4v) is 1.17. The molecule has 0 unspecified atom stereocenters. The smallest absolute Gasteiger partial charge is 0.271 e. The van der Waals surface area contributed by atoms with Gasteiger partial charge in [0.1, 0.15) is 5.82 Å². The Labute approximate surface area is 102 Å². The van der Waals surface area contributed by atoms with Crippen molar-refractivity contribution in [1.29, 1.82) is 0 Å². The number of nitro benzene ring substituents is 1. The molecular weight excluding hydrogens is 241 g/mol. The molecule has 0 aromatic heterocycles. The van der Waals surface area contributed by atoms with E-state index in [9.17, 15) is 19.3 Å². The zero-order chi connectivity index (χ0) is 13.5. The van der Waals surface area contributed by atoms with Crippen LogP contribution in [-0.2, 0) is 4.79 Å². The van der Waals surface area contributed by atoms with E-state index in [2.05, 4.69) is 16.6 Å². The fraction of sp³-hybridized carbons (Fsp3) is 0.182. The third-order valence-corrected chi connectivity index (χ3v) is 1.95. The summed E-state index contributed by atoms with van der Waals surface area (Å²) in [5.74, 6) is 0.986. The SMILES string of the molecule is C#CCNCC(=O)Nc1cc([N+](=O)[O-])ccc1F. The van der Waals surface area contributed by atoms with Gasteiger partial charge in [-0.05, 0) is 6.07 Å². The van der Waals surface area contributed by atoms with Gasteiger partial charge in [-0.25, -0.2) is 4.39 Å². The van der Waals surface area contributed by atoms with Crippen LogP contribution in [0.15, 0.2) is 18.2 Å².